The number of aryl methyl sites for hydroxylation is 2. The van der Waals surface area contributed by atoms with Crippen molar-refractivity contribution in [3.63, 3.8) is 0 Å². The van der Waals surface area contributed by atoms with Crippen molar-refractivity contribution < 1.29 is 9.50 Å². The van der Waals surface area contributed by atoms with Gasteiger partial charge in [0.25, 0.3) is 0 Å². The molecule has 0 radical (unpaired) electrons. The Kier molecular flexibility index (Phi) is 4.31. The molecule has 0 heterocycles. The second kappa shape index (κ2) is 5.66. The topological polar surface area (TPSA) is 20.2 Å². The molecule has 0 aromatic heterocycles. The fourth-order valence-electron chi connectivity index (χ4n) is 2.44. The van der Waals surface area contributed by atoms with Crippen LogP contribution in [0.1, 0.15) is 29.2 Å². The van der Waals surface area contributed by atoms with Crippen molar-refractivity contribution in [1.82, 2.24) is 0 Å². The van der Waals surface area contributed by atoms with E-state index < -0.39 is 5.60 Å². The van der Waals surface area contributed by atoms with Crippen LogP contribution < -0.4 is 0 Å². The molecule has 106 valence electrons. The van der Waals surface area contributed by atoms with Gasteiger partial charge in [-0.2, -0.15) is 0 Å². The Bertz CT molecular complexity index is 615. The number of hydrogen-bond acceptors (Lipinski definition) is 1. The molecule has 0 aliphatic heterocycles. The lowest BCUT2D eigenvalue weighted by atomic mass is 9.87. The molecule has 0 spiro atoms. The number of benzene rings is 2. The van der Waals surface area contributed by atoms with E-state index in [0.717, 1.165) is 21.2 Å². The van der Waals surface area contributed by atoms with Gasteiger partial charge < -0.3 is 5.11 Å². The van der Waals surface area contributed by atoms with Crippen molar-refractivity contribution in [2.75, 3.05) is 0 Å². The standard InChI is InChI=1S/C17H18BrFO/c1-11-6-12(2)8-14(7-11)17(3,20)10-13-9-15(18)4-5-16(13)19/h4-9,20H,10H2,1-3H3. The summed E-state index contributed by atoms with van der Waals surface area (Å²) in [6.07, 6.45) is 0.237. The number of aliphatic hydroxyl groups is 1. The maximum Gasteiger partial charge on any atom is 0.126 e. The molecule has 1 N–H and O–H groups in total. The maximum atomic E-state index is 13.8. The zero-order valence-corrected chi connectivity index (χ0v) is 13.5. The molecule has 0 bridgehead atoms. The molecule has 1 atom stereocenters. The van der Waals surface area contributed by atoms with Crippen LogP contribution in [0.25, 0.3) is 0 Å². The van der Waals surface area contributed by atoms with Gasteiger partial charge in [-0.15, -0.1) is 0 Å². The summed E-state index contributed by atoms with van der Waals surface area (Å²) in [5.41, 5.74) is 2.40. The quantitative estimate of drug-likeness (QED) is 0.864. The third-order valence-corrected chi connectivity index (χ3v) is 3.88. The van der Waals surface area contributed by atoms with Crippen LogP contribution in [0.2, 0.25) is 0 Å². The maximum absolute atomic E-state index is 13.8. The molecule has 20 heavy (non-hydrogen) atoms. The van der Waals surface area contributed by atoms with Gasteiger partial charge in [0, 0.05) is 10.9 Å². The van der Waals surface area contributed by atoms with E-state index in [0.29, 0.717) is 5.56 Å². The van der Waals surface area contributed by atoms with Crippen LogP contribution in [0.5, 0.6) is 0 Å². The summed E-state index contributed by atoms with van der Waals surface area (Å²) < 4.78 is 14.7. The summed E-state index contributed by atoms with van der Waals surface area (Å²) in [6.45, 7) is 5.71. The molecule has 0 amide bonds. The third-order valence-electron chi connectivity index (χ3n) is 3.39. The fraction of sp³-hybridized carbons (Fsp3) is 0.294. The van der Waals surface area contributed by atoms with Crippen LogP contribution in [0.3, 0.4) is 0 Å². The highest BCUT2D eigenvalue weighted by atomic mass is 79.9. The van der Waals surface area contributed by atoms with Crippen molar-refractivity contribution >= 4 is 15.9 Å². The van der Waals surface area contributed by atoms with Crippen LogP contribution in [0.4, 0.5) is 4.39 Å². The zero-order chi connectivity index (χ0) is 14.9. The molecule has 0 saturated heterocycles. The van der Waals surface area contributed by atoms with E-state index in [1.54, 1.807) is 19.1 Å². The smallest absolute Gasteiger partial charge is 0.126 e. The number of hydrogen-bond donors (Lipinski definition) is 1. The van der Waals surface area contributed by atoms with Gasteiger partial charge in [-0.3, -0.25) is 0 Å². The van der Waals surface area contributed by atoms with Gasteiger partial charge >= 0.3 is 0 Å². The second-order valence-corrected chi connectivity index (χ2v) is 6.48. The molecule has 2 rings (SSSR count). The summed E-state index contributed by atoms with van der Waals surface area (Å²) in [6, 6.07) is 10.7. The minimum atomic E-state index is -1.10. The number of halogens is 2. The van der Waals surface area contributed by atoms with Crippen LogP contribution in [-0.4, -0.2) is 5.11 Å². The predicted molar refractivity (Wildman–Crippen MR) is 83.3 cm³/mol. The summed E-state index contributed by atoms with van der Waals surface area (Å²) in [5.74, 6) is -0.294. The zero-order valence-electron chi connectivity index (χ0n) is 11.9. The van der Waals surface area contributed by atoms with E-state index in [1.165, 1.54) is 6.07 Å². The van der Waals surface area contributed by atoms with Gasteiger partial charge in [0.1, 0.15) is 5.82 Å². The fourth-order valence-corrected chi connectivity index (χ4v) is 2.85. The number of rotatable bonds is 3. The molecular weight excluding hydrogens is 319 g/mol. The highest BCUT2D eigenvalue weighted by Crippen LogP contribution is 2.29. The molecule has 0 fully saturated rings. The van der Waals surface area contributed by atoms with Crippen LogP contribution >= 0.6 is 15.9 Å². The van der Waals surface area contributed by atoms with Crippen molar-refractivity contribution in [1.29, 1.82) is 0 Å². The van der Waals surface area contributed by atoms with Gasteiger partial charge in [0.05, 0.1) is 5.60 Å². The third kappa shape index (κ3) is 3.47. The van der Waals surface area contributed by atoms with Crippen LogP contribution in [-0.2, 0) is 12.0 Å². The molecule has 2 aromatic carbocycles. The van der Waals surface area contributed by atoms with Gasteiger partial charge in [-0.25, -0.2) is 4.39 Å². The molecule has 3 heteroatoms. The van der Waals surface area contributed by atoms with E-state index in [-0.39, 0.29) is 12.2 Å². The first-order valence-electron chi connectivity index (χ1n) is 6.53. The highest BCUT2D eigenvalue weighted by Gasteiger charge is 2.25. The molecule has 1 unspecified atom stereocenters. The van der Waals surface area contributed by atoms with E-state index >= 15 is 0 Å². The Morgan fingerprint density at radius 1 is 1.10 bits per heavy atom. The lowest BCUT2D eigenvalue weighted by Crippen LogP contribution is -2.25. The molecule has 0 aliphatic carbocycles. The minimum Gasteiger partial charge on any atom is -0.385 e. The summed E-state index contributed by atoms with van der Waals surface area (Å²) in [7, 11) is 0. The van der Waals surface area contributed by atoms with Crippen molar-refractivity contribution in [2.45, 2.75) is 32.8 Å². The average Bonchev–Trinajstić information content (AvgIpc) is 2.32. The Morgan fingerprint density at radius 2 is 1.70 bits per heavy atom. The molecule has 1 nitrogen and oxygen atoms in total. The van der Waals surface area contributed by atoms with Gasteiger partial charge in [0.2, 0.25) is 0 Å². The molecule has 0 aliphatic rings. The van der Waals surface area contributed by atoms with Gasteiger partial charge in [-0.05, 0) is 50.1 Å². The Balaban J connectivity index is 2.37. The SMILES string of the molecule is Cc1cc(C)cc(C(C)(O)Cc2cc(Br)ccc2F)c1. The highest BCUT2D eigenvalue weighted by molar-refractivity contribution is 9.10. The first-order chi connectivity index (χ1) is 9.28. The molecule has 2 aromatic rings. The summed E-state index contributed by atoms with van der Waals surface area (Å²) in [5, 5.41) is 10.7. The molecular formula is C17H18BrFO. The van der Waals surface area contributed by atoms with Gasteiger partial charge in [-0.1, -0.05) is 45.3 Å². The Labute approximate surface area is 127 Å². The Morgan fingerprint density at radius 3 is 2.30 bits per heavy atom. The van der Waals surface area contributed by atoms with E-state index in [1.807, 2.05) is 26.0 Å². The summed E-state index contributed by atoms with van der Waals surface area (Å²) >= 11 is 3.34. The minimum absolute atomic E-state index is 0.237. The lowest BCUT2D eigenvalue weighted by molar-refractivity contribution is 0.0565. The average molecular weight is 337 g/mol. The first kappa shape index (κ1) is 15.2. The second-order valence-electron chi connectivity index (χ2n) is 5.56. The van der Waals surface area contributed by atoms with Crippen LogP contribution in [0.15, 0.2) is 40.9 Å². The van der Waals surface area contributed by atoms with E-state index in [9.17, 15) is 9.50 Å². The largest absolute Gasteiger partial charge is 0.385 e. The van der Waals surface area contributed by atoms with Crippen molar-refractivity contribution in [2.24, 2.45) is 0 Å². The molecule has 0 saturated carbocycles. The lowest BCUT2D eigenvalue weighted by Gasteiger charge is -2.25. The van der Waals surface area contributed by atoms with Gasteiger partial charge in [0.15, 0.2) is 0 Å². The monoisotopic (exact) mass is 336 g/mol. The predicted octanol–water partition coefficient (Wildman–Crippen LogP) is 4.66. The summed E-state index contributed by atoms with van der Waals surface area (Å²) in [4.78, 5) is 0. The van der Waals surface area contributed by atoms with Crippen molar-refractivity contribution in [3.05, 3.63) is 68.9 Å². The van der Waals surface area contributed by atoms with E-state index in [4.69, 9.17) is 0 Å². The van der Waals surface area contributed by atoms with E-state index in [2.05, 4.69) is 22.0 Å². The Hall–Kier alpha value is -1.19. The van der Waals surface area contributed by atoms with Crippen molar-refractivity contribution in [3.8, 4) is 0 Å². The first-order valence-corrected chi connectivity index (χ1v) is 7.32. The normalized spacial score (nSPS) is 14.1. The van der Waals surface area contributed by atoms with Crippen LogP contribution in [0, 0.1) is 19.7 Å².